The van der Waals surface area contributed by atoms with E-state index in [-0.39, 0.29) is 12.5 Å². The summed E-state index contributed by atoms with van der Waals surface area (Å²) in [5.41, 5.74) is 8.04. The Morgan fingerprint density at radius 3 is 2.70 bits per heavy atom. The summed E-state index contributed by atoms with van der Waals surface area (Å²) >= 11 is 1.48. The van der Waals surface area contributed by atoms with Crippen LogP contribution in [0.25, 0.3) is 10.8 Å². The molecule has 0 unspecified atom stereocenters. The fraction of sp³-hybridized carbons (Fsp3) is 0.238. The highest BCUT2D eigenvalue weighted by Crippen LogP contribution is 2.38. The molecule has 0 atom stereocenters. The Morgan fingerprint density at radius 1 is 1.15 bits per heavy atom. The average molecular weight is 379 g/mol. The number of rotatable bonds is 5. The van der Waals surface area contributed by atoms with Crippen LogP contribution in [0.4, 0.5) is 10.7 Å². The fourth-order valence-electron chi connectivity index (χ4n) is 3.64. The molecular formula is C21H21N3O2S. The number of hydrogen-bond acceptors (Lipinski definition) is 4. The first-order chi connectivity index (χ1) is 13.0. The van der Waals surface area contributed by atoms with Gasteiger partial charge in [0.15, 0.2) is 0 Å². The Bertz CT molecular complexity index is 1040. The van der Waals surface area contributed by atoms with Crippen LogP contribution in [0.3, 0.4) is 0 Å². The lowest BCUT2D eigenvalue weighted by molar-refractivity contribution is -0.114. The number of nitrogens with one attached hydrogen (secondary N) is 1. The number of thiophene rings is 1. The average Bonchev–Trinajstić information content (AvgIpc) is 3.21. The van der Waals surface area contributed by atoms with E-state index < -0.39 is 5.91 Å². The third-order valence-electron chi connectivity index (χ3n) is 4.98. The maximum absolute atomic E-state index is 12.6. The molecule has 5 nitrogen and oxygen atoms in total. The molecule has 27 heavy (non-hydrogen) atoms. The first kappa shape index (κ1) is 17.5. The zero-order valence-corrected chi connectivity index (χ0v) is 15.9. The van der Waals surface area contributed by atoms with Crippen LogP contribution in [-0.2, 0) is 17.6 Å². The van der Waals surface area contributed by atoms with Gasteiger partial charge >= 0.3 is 0 Å². The van der Waals surface area contributed by atoms with Crippen molar-refractivity contribution in [1.82, 2.24) is 0 Å². The lowest BCUT2D eigenvalue weighted by Gasteiger charge is -2.19. The number of aryl methyl sites for hydroxylation is 1. The van der Waals surface area contributed by atoms with Gasteiger partial charge in [0.2, 0.25) is 5.91 Å². The molecule has 1 heterocycles. The summed E-state index contributed by atoms with van der Waals surface area (Å²) in [5.74, 6) is -0.624. The molecular weight excluding hydrogens is 358 g/mol. The van der Waals surface area contributed by atoms with Gasteiger partial charge in [0, 0.05) is 17.6 Å². The molecule has 3 aromatic rings. The fourth-order valence-corrected chi connectivity index (χ4v) is 4.95. The van der Waals surface area contributed by atoms with Crippen LogP contribution < -0.4 is 16.0 Å². The number of anilines is 2. The first-order valence-corrected chi connectivity index (χ1v) is 9.78. The van der Waals surface area contributed by atoms with Crippen molar-refractivity contribution in [2.45, 2.75) is 19.3 Å². The Kier molecular flexibility index (Phi) is 4.58. The lowest BCUT2D eigenvalue weighted by atomic mass is 10.1. The molecule has 1 aliphatic rings. The number of benzene rings is 2. The molecule has 0 aliphatic heterocycles. The highest BCUT2D eigenvalue weighted by molar-refractivity contribution is 7.17. The van der Waals surface area contributed by atoms with Crippen molar-refractivity contribution in [3.8, 4) is 0 Å². The molecule has 6 heteroatoms. The van der Waals surface area contributed by atoms with Gasteiger partial charge in [-0.15, -0.1) is 11.3 Å². The van der Waals surface area contributed by atoms with Crippen LogP contribution in [0.2, 0.25) is 0 Å². The van der Waals surface area contributed by atoms with E-state index in [2.05, 4.69) is 23.5 Å². The molecule has 0 saturated carbocycles. The highest BCUT2D eigenvalue weighted by atomic mass is 32.1. The van der Waals surface area contributed by atoms with Gasteiger partial charge < -0.3 is 16.0 Å². The predicted octanol–water partition coefficient (Wildman–Crippen LogP) is 3.56. The third kappa shape index (κ3) is 3.40. The standard InChI is InChI=1S/C21H21N3O2S/c1-24(15-10-9-13-5-2-3-6-14(13)11-15)12-18(25)23-21-19(20(22)26)16-7-4-8-17(16)27-21/h2-3,5-6,9-11H,4,7-8,12H2,1H3,(H2,22,26)(H,23,25). The molecule has 138 valence electrons. The molecule has 0 bridgehead atoms. The van der Waals surface area contributed by atoms with Crippen molar-refractivity contribution in [3.63, 3.8) is 0 Å². The molecule has 2 amide bonds. The quantitative estimate of drug-likeness (QED) is 0.712. The summed E-state index contributed by atoms with van der Waals surface area (Å²) in [6.45, 7) is 0.194. The van der Waals surface area contributed by atoms with E-state index in [4.69, 9.17) is 5.73 Å². The normalized spacial score (nSPS) is 12.8. The molecule has 0 radical (unpaired) electrons. The van der Waals surface area contributed by atoms with Crippen molar-refractivity contribution in [2.24, 2.45) is 5.73 Å². The summed E-state index contributed by atoms with van der Waals surface area (Å²) in [6, 6.07) is 14.2. The number of likely N-dealkylation sites (N-methyl/N-ethyl adjacent to an activating group) is 1. The largest absolute Gasteiger partial charge is 0.365 e. The minimum Gasteiger partial charge on any atom is -0.365 e. The minimum atomic E-state index is -0.465. The topological polar surface area (TPSA) is 75.4 Å². The highest BCUT2D eigenvalue weighted by Gasteiger charge is 2.26. The zero-order valence-electron chi connectivity index (χ0n) is 15.1. The van der Waals surface area contributed by atoms with Gasteiger partial charge in [-0.05, 0) is 47.7 Å². The van der Waals surface area contributed by atoms with Crippen molar-refractivity contribution in [3.05, 3.63) is 58.5 Å². The maximum atomic E-state index is 12.6. The van der Waals surface area contributed by atoms with E-state index in [1.807, 2.05) is 36.2 Å². The second kappa shape index (κ2) is 7.04. The molecule has 0 fully saturated rings. The summed E-state index contributed by atoms with van der Waals surface area (Å²) in [6.07, 6.45) is 2.85. The number of primary amides is 1. The third-order valence-corrected chi connectivity index (χ3v) is 6.18. The molecule has 0 spiro atoms. The van der Waals surface area contributed by atoms with Crippen LogP contribution in [-0.4, -0.2) is 25.4 Å². The van der Waals surface area contributed by atoms with E-state index in [0.29, 0.717) is 10.6 Å². The number of amides is 2. The number of carbonyl (C=O) groups is 2. The SMILES string of the molecule is CN(CC(=O)Nc1sc2c(c1C(N)=O)CCC2)c1ccc2ccccc2c1. The zero-order chi connectivity index (χ0) is 19.0. The summed E-state index contributed by atoms with van der Waals surface area (Å²) in [4.78, 5) is 27.5. The Morgan fingerprint density at radius 2 is 1.93 bits per heavy atom. The van der Waals surface area contributed by atoms with E-state index in [9.17, 15) is 9.59 Å². The maximum Gasteiger partial charge on any atom is 0.251 e. The van der Waals surface area contributed by atoms with Crippen LogP contribution in [0.15, 0.2) is 42.5 Å². The van der Waals surface area contributed by atoms with E-state index >= 15 is 0 Å². The molecule has 0 saturated heterocycles. The van der Waals surface area contributed by atoms with E-state index in [0.717, 1.165) is 35.9 Å². The second-order valence-electron chi connectivity index (χ2n) is 6.86. The van der Waals surface area contributed by atoms with Crippen molar-refractivity contribution in [1.29, 1.82) is 0 Å². The Labute approximate surface area is 161 Å². The van der Waals surface area contributed by atoms with Gasteiger partial charge in [0.05, 0.1) is 12.1 Å². The predicted molar refractivity (Wildman–Crippen MR) is 111 cm³/mol. The molecule has 3 N–H and O–H groups in total. The Hall–Kier alpha value is -2.86. The number of fused-ring (bicyclic) bond motifs is 2. The van der Waals surface area contributed by atoms with Crippen LogP contribution in [0.1, 0.15) is 27.2 Å². The summed E-state index contributed by atoms with van der Waals surface area (Å²) in [5, 5.41) is 5.78. The minimum absolute atomic E-state index is 0.159. The molecule has 1 aromatic heterocycles. The second-order valence-corrected chi connectivity index (χ2v) is 7.97. The van der Waals surface area contributed by atoms with Gasteiger partial charge in [0.1, 0.15) is 5.00 Å². The van der Waals surface area contributed by atoms with Gasteiger partial charge in [-0.3, -0.25) is 9.59 Å². The summed E-state index contributed by atoms with van der Waals surface area (Å²) in [7, 11) is 1.88. The molecule has 4 rings (SSSR count). The monoisotopic (exact) mass is 379 g/mol. The number of nitrogens with zero attached hydrogens (tertiary/aromatic N) is 1. The van der Waals surface area contributed by atoms with Crippen molar-refractivity contribution in [2.75, 3.05) is 23.8 Å². The van der Waals surface area contributed by atoms with E-state index in [1.165, 1.54) is 21.6 Å². The molecule has 2 aromatic carbocycles. The Balaban J connectivity index is 1.50. The van der Waals surface area contributed by atoms with E-state index in [1.54, 1.807) is 0 Å². The number of hydrogen-bond donors (Lipinski definition) is 2. The lowest BCUT2D eigenvalue weighted by Crippen LogP contribution is -2.30. The van der Waals surface area contributed by atoms with Crippen LogP contribution in [0, 0.1) is 0 Å². The first-order valence-electron chi connectivity index (χ1n) is 8.97. The smallest absolute Gasteiger partial charge is 0.251 e. The number of nitrogens with two attached hydrogens (primary N) is 1. The summed E-state index contributed by atoms with van der Waals surface area (Å²) < 4.78 is 0. The van der Waals surface area contributed by atoms with Crippen LogP contribution in [0.5, 0.6) is 0 Å². The van der Waals surface area contributed by atoms with Crippen LogP contribution >= 0.6 is 11.3 Å². The number of carbonyl (C=O) groups excluding carboxylic acids is 2. The van der Waals surface area contributed by atoms with Gasteiger partial charge in [-0.1, -0.05) is 30.3 Å². The molecule has 1 aliphatic carbocycles. The van der Waals surface area contributed by atoms with Gasteiger partial charge in [0.25, 0.3) is 5.91 Å². The van der Waals surface area contributed by atoms with Gasteiger partial charge in [-0.25, -0.2) is 0 Å². The van der Waals surface area contributed by atoms with Crippen molar-refractivity contribution >= 4 is 44.6 Å². The van der Waals surface area contributed by atoms with Crippen molar-refractivity contribution < 1.29 is 9.59 Å². The van der Waals surface area contributed by atoms with Gasteiger partial charge in [-0.2, -0.15) is 0 Å².